The van der Waals surface area contributed by atoms with Crippen molar-refractivity contribution in [3.8, 4) is 17.2 Å². The molecule has 0 spiro atoms. The van der Waals surface area contributed by atoms with Crippen LogP contribution in [0.25, 0.3) is 16.7 Å². The maximum absolute atomic E-state index is 12.3. The molecular weight excluding hydrogens is 559 g/mol. The van der Waals surface area contributed by atoms with E-state index in [0.29, 0.717) is 44.3 Å². The minimum absolute atomic E-state index is 0.222. The lowest BCUT2D eigenvalue weighted by Crippen LogP contribution is -2.38. The van der Waals surface area contributed by atoms with Crippen LogP contribution in [0.1, 0.15) is 28.9 Å². The maximum atomic E-state index is 12.3. The van der Waals surface area contributed by atoms with E-state index >= 15 is 0 Å². The zero-order valence-electron chi connectivity index (χ0n) is 21.3. The second-order valence-electron chi connectivity index (χ2n) is 9.17. The molecule has 4 aromatic rings. The van der Waals surface area contributed by atoms with Crippen LogP contribution in [0.2, 0.25) is 10.0 Å². The third-order valence-corrected chi connectivity index (χ3v) is 7.72. The molecule has 5 rings (SSSR count). The number of aromatic nitrogens is 2. The normalized spacial score (nSPS) is 14.9. The number of morpholine rings is 1. The molecular formula is C28H28Cl2N4O4S. The lowest BCUT2D eigenvalue weighted by Gasteiger charge is -2.26. The van der Waals surface area contributed by atoms with Crippen LogP contribution in [0.15, 0.2) is 59.8 Å². The minimum atomic E-state index is -0.625. The third kappa shape index (κ3) is 6.13. The quantitative estimate of drug-likeness (QED) is 0.249. The van der Waals surface area contributed by atoms with Crippen LogP contribution in [0.5, 0.6) is 11.5 Å². The summed E-state index contributed by atoms with van der Waals surface area (Å²) in [5.41, 5.74) is 8.81. The first-order valence-corrected chi connectivity index (χ1v) is 13.7. The Morgan fingerprint density at radius 3 is 2.72 bits per heavy atom. The summed E-state index contributed by atoms with van der Waals surface area (Å²) >= 11 is 17.4. The van der Waals surface area contributed by atoms with Gasteiger partial charge in [0.2, 0.25) is 5.91 Å². The monoisotopic (exact) mass is 586 g/mol. The molecule has 1 aliphatic rings. The average Bonchev–Trinajstić information content (AvgIpc) is 3.34. The van der Waals surface area contributed by atoms with Crippen LogP contribution >= 0.6 is 35.8 Å². The minimum Gasteiger partial charge on any atom is -0.491 e. The van der Waals surface area contributed by atoms with Gasteiger partial charge in [0.1, 0.15) is 30.5 Å². The number of fused-ring (bicyclic) bond motifs is 1. The number of nitrogens with zero attached hydrogens (tertiary/aromatic N) is 3. The number of hydrogen-bond acceptors (Lipinski definition) is 7. The fourth-order valence-electron chi connectivity index (χ4n) is 4.52. The van der Waals surface area contributed by atoms with Crippen molar-refractivity contribution in [1.29, 1.82) is 0 Å². The predicted octanol–water partition coefficient (Wildman–Crippen LogP) is 5.57. The molecule has 0 saturated carbocycles. The van der Waals surface area contributed by atoms with Crippen molar-refractivity contribution >= 4 is 52.8 Å². The number of carbonyl (C=O) groups excluding carboxylic acids is 1. The molecule has 1 fully saturated rings. The molecule has 1 atom stereocenters. The smallest absolute Gasteiger partial charge is 0.250 e. The maximum Gasteiger partial charge on any atom is 0.250 e. The molecule has 1 aromatic heterocycles. The third-order valence-electron chi connectivity index (χ3n) is 6.62. The van der Waals surface area contributed by atoms with Gasteiger partial charge in [-0.25, -0.2) is 4.98 Å². The van der Waals surface area contributed by atoms with E-state index in [1.807, 2.05) is 35.8 Å². The molecule has 8 nitrogen and oxygen atoms in total. The lowest BCUT2D eigenvalue weighted by molar-refractivity contribution is 0.0322. The molecule has 0 unspecified atom stereocenters. The Bertz CT molecular complexity index is 1510. The number of ether oxygens (including phenoxy) is 3. The van der Waals surface area contributed by atoms with Crippen LogP contribution in [0.4, 0.5) is 0 Å². The number of primary amides is 1. The summed E-state index contributed by atoms with van der Waals surface area (Å²) in [6, 6.07) is 14.5. The van der Waals surface area contributed by atoms with Crippen LogP contribution in [0, 0.1) is 0 Å². The summed E-state index contributed by atoms with van der Waals surface area (Å²) in [7, 11) is 0. The highest BCUT2D eigenvalue weighted by Crippen LogP contribution is 2.38. The van der Waals surface area contributed by atoms with Gasteiger partial charge in [-0.15, -0.1) is 12.6 Å². The van der Waals surface area contributed by atoms with Gasteiger partial charge in [0.25, 0.3) is 0 Å². The van der Waals surface area contributed by atoms with E-state index in [4.69, 9.17) is 43.1 Å². The highest BCUT2D eigenvalue weighted by Gasteiger charge is 2.21. The summed E-state index contributed by atoms with van der Waals surface area (Å²) in [5, 5.41) is 1.05. The summed E-state index contributed by atoms with van der Waals surface area (Å²) in [4.78, 5) is 19.4. The van der Waals surface area contributed by atoms with Gasteiger partial charge in [-0.3, -0.25) is 14.3 Å². The summed E-state index contributed by atoms with van der Waals surface area (Å²) < 4.78 is 19.6. The summed E-state index contributed by atoms with van der Waals surface area (Å²) in [6.45, 7) is 6.43. The molecule has 39 heavy (non-hydrogen) atoms. The molecule has 1 amide bonds. The van der Waals surface area contributed by atoms with Crippen molar-refractivity contribution in [3.05, 3.63) is 76.0 Å². The first kappa shape index (κ1) is 27.6. The second-order valence-corrected chi connectivity index (χ2v) is 10.4. The molecule has 0 aliphatic carbocycles. The van der Waals surface area contributed by atoms with Crippen molar-refractivity contribution < 1.29 is 19.0 Å². The van der Waals surface area contributed by atoms with Crippen molar-refractivity contribution in [3.63, 3.8) is 0 Å². The van der Waals surface area contributed by atoms with Crippen molar-refractivity contribution in [2.45, 2.75) is 17.9 Å². The summed E-state index contributed by atoms with van der Waals surface area (Å²) in [6.07, 6.45) is 1.17. The molecule has 3 aromatic carbocycles. The van der Waals surface area contributed by atoms with E-state index in [1.54, 1.807) is 30.6 Å². The number of thiol groups is 1. The van der Waals surface area contributed by atoms with E-state index in [9.17, 15) is 4.79 Å². The Kier molecular flexibility index (Phi) is 8.54. The molecule has 1 saturated heterocycles. The first-order chi connectivity index (χ1) is 18.8. The lowest BCUT2D eigenvalue weighted by atomic mass is 10.1. The van der Waals surface area contributed by atoms with Crippen LogP contribution in [0.3, 0.4) is 0 Å². The number of hydrogen-bond donors (Lipinski definition) is 2. The van der Waals surface area contributed by atoms with Gasteiger partial charge in [-0.2, -0.15) is 0 Å². The number of carbonyl (C=O) groups is 1. The van der Waals surface area contributed by atoms with E-state index in [2.05, 4.69) is 22.5 Å². The zero-order valence-corrected chi connectivity index (χ0v) is 23.7. The molecule has 0 radical (unpaired) electrons. The van der Waals surface area contributed by atoms with Gasteiger partial charge in [0, 0.05) is 36.3 Å². The van der Waals surface area contributed by atoms with Crippen LogP contribution in [-0.4, -0.2) is 59.8 Å². The van der Waals surface area contributed by atoms with Gasteiger partial charge in [-0.05, 0) is 37.3 Å². The van der Waals surface area contributed by atoms with Crippen molar-refractivity contribution in [2.75, 3.05) is 39.5 Å². The molecule has 1 aliphatic heterocycles. The van der Waals surface area contributed by atoms with E-state index < -0.39 is 12.0 Å². The van der Waals surface area contributed by atoms with Gasteiger partial charge in [0.05, 0.1) is 45.4 Å². The fraction of sp³-hybridized carbons (Fsp3) is 0.286. The molecule has 2 N–H and O–H groups in total. The number of amides is 1. The van der Waals surface area contributed by atoms with E-state index in [1.165, 1.54) is 0 Å². The number of rotatable bonds is 9. The Labute approximate surface area is 242 Å². The van der Waals surface area contributed by atoms with Crippen LogP contribution < -0.4 is 15.2 Å². The van der Waals surface area contributed by atoms with Gasteiger partial charge >= 0.3 is 0 Å². The van der Waals surface area contributed by atoms with Gasteiger partial charge < -0.3 is 19.9 Å². The molecule has 11 heteroatoms. The SMILES string of the molecule is C[C@@H](Oc1cc(-n2cnc3cc(Cl)ccc32)cc(C(N)=O)c1S)c1cccc(OCCN2CCOCC2)c1Cl. The Morgan fingerprint density at radius 2 is 1.95 bits per heavy atom. The topological polar surface area (TPSA) is 91.8 Å². The molecule has 204 valence electrons. The standard InChI is InChI=1S/C28H28Cl2N4O4S/c1-17(20-3-2-4-24(26(20)30)37-12-9-33-7-10-36-11-8-33)38-25-15-19(14-21(27(25)39)28(31)35)34-16-32-22-13-18(29)5-6-23(22)34/h2-6,13-17,39H,7-12H2,1H3,(H2,31,35)/t17-/m1/s1. The van der Waals surface area contributed by atoms with Crippen molar-refractivity contribution in [1.82, 2.24) is 14.5 Å². The average molecular weight is 588 g/mol. The first-order valence-electron chi connectivity index (χ1n) is 12.5. The summed E-state index contributed by atoms with van der Waals surface area (Å²) in [5.74, 6) is 0.335. The highest BCUT2D eigenvalue weighted by molar-refractivity contribution is 7.80. The molecule has 2 heterocycles. The van der Waals surface area contributed by atoms with E-state index in [-0.39, 0.29) is 5.56 Å². The number of halogens is 2. The predicted molar refractivity (Wildman–Crippen MR) is 155 cm³/mol. The highest BCUT2D eigenvalue weighted by atomic mass is 35.5. The second kappa shape index (κ2) is 12.1. The number of nitrogens with two attached hydrogens (primary N) is 1. The zero-order chi connectivity index (χ0) is 27.5. The van der Waals surface area contributed by atoms with Crippen LogP contribution in [-0.2, 0) is 4.74 Å². The van der Waals surface area contributed by atoms with Gasteiger partial charge in [-0.1, -0.05) is 35.3 Å². The van der Waals surface area contributed by atoms with E-state index in [0.717, 1.165) is 43.9 Å². The van der Waals surface area contributed by atoms with Crippen molar-refractivity contribution in [2.24, 2.45) is 5.73 Å². The number of benzene rings is 3. The molecule has 0 bridgehead atoms. The Hall–Kier alpha value is -2.95. The Balaban J connectivity index is 1.40. The fourth-order valence-corrected chi connectivity index (χ4v) is 5.31. The van der Waals surface area contributed by atoms with Gasteiger partial charge in [0.15, 0.2) is 0 Å². The Morgan fingerprint density at radius 1 is 1.15 bits per heavy atom. The largest absolute Gasteiger partial charge is 0.491 e. The number of imidazole rings is 1.